The van der Waals surface area contributed by atoms with Crippen molar-refractivity contribution in [3.63, 3.8) is 0 Å². The number of hydrogen-bond donors (Lipinski definition) is 1. The lowest BCUT2D eigenvalue weighted by Crippen LogP contribution is -2.47. The second-order valence-corrected chi connectivity index (χ2v) is 8.22. The van der Waals surface area contributed by atoms with Crippen LogP contribution >= 0.6 is 11.8 Å². The molecule has 28 heavy (non-hydrogen) atoms. The fourth-order valence-corrected chi connectivity index (χ4v) is 4.81. The van der Waals surface area contributed by atoms with E-state index in [1.165, 1.54) is 4.91 Å². The molecule has 2 aromatic rings. The van der Waals surface area contributed by atoms with Crippen LogP contribution in [-0.4, -0.2) is 37.0 Å². The minimum absolute atomic E-state index is 0.132. The summed E-state index contributed by atoms with van der Waals surface area (Å²) in [6, 6.07) is 20.7. The fraction of sp³-hybridized carbons (Fsp3) is 0.261. The van der Waals surface area contributed by atoms with Crippen molar-refractivity contribution in [2.75, 3.05) is 31.1 Å². The number of allylic oxidation sites excluding steroid dienone is 1. The third-order valence-electron chi connectivity index (χ3n) is 5.12. The molecule has 2 aliphatic rings. The van der Waals surface area contributed by atoms with Crippen LogP contribution in [0.15, 0.2) is 76.2 Å². The second kappa shape index (κ2) is 8.25. The Kier molecular flexibility index (Phi) is 5.55. The minimum atomic E-state index is 0.132. The molecule has 4 rings (SSSR count). The van der Waals surface area contributed by atoms with Gasteiger partial charge < -0.3 is 15.1 Å². The van der Waals surface area contributed by atoms with E-state index in [2.05, 4.69) is 53.5 Å². The Hall–Kier alpha value is -2.50. The highest BCUT2D eigenvalue weighted by molar-refractivity contribution is 8.07. The van der Waals surface area contributed by atoms with E-state index in [4.69, 9.17) is 0 Å². The Bertz CT molecular complexity index is 915. The number of carbonyl (C=O) groups excluding carboxylic acids is 1. The van der Waals surface area contributed by atoms with Gasteiger partial charge in [-0.3, -0.25) is 4.79 Å². The van der Waals surface area contributed by atoms with Gasteiger partial charge in [-0.1, -0.05) is 60.3 Å². The smallest absolute Gasteiger partial charge is 0.252 e. The third-order valence-corrected chi connectivity index (χ3v) is 6.30. The summed E-state index contributed by atoms with van der Waals surface area (Å²) in [7, 11) is 0. The zero-order valence-electron chi connectivity index (χ0n) is 16.3. The molecule has 0 aromatic heterocycles. The maximum atomic E-state index is 13.2. The van der Waals surface area contributed by atoms with E-state index in [0.717, 1.165) is 53.7 Å². The van der Waals surface area contributed by atoms with Gasteiger partial charge >= 0.3 is 0 Å². The Balaban J connectivity index is 1.78. The van der Waals surface area contributed by atoms with Crippen molar-refractivity contribution in [2.24, 2.45) is 0 Å². The van der Waals surface area contributed by atoms with Crippen LogP contribution in [0.5, 0.6) is 0 Å². The molecule has 144 valence electrons. The highest BCUT2D eigenvalue weighted by Gasteiger charge is 2.32. The van der Waals surface area contributed by atoms with Crippen molar-refractivity contribution in [3.8, 4) is 0 Å². The summed E-state index contributed by atoms with van der Waals surface area (Å²) in [5, 5.41) is 4.32. The second-order valence-electron chi connectivity index (χ2n) is 7.02. The van der Waals surface area contributed by atoms with Crippen molar-refractivity contribution in [3.05, 3.63) is 81.7 Å². The third kappa shape index (κ3) is 3.60. The largest absolute Gasteiger partial charge is 0.336 e. The van der Waals surface area contributed by atoms with Crippen LogP contribution in [-0.2, 0) is 4.79 Å². The number of rotatable bonds is 3. The molecule has 4 nitrogen and oxygen atoms in total. The van der Waals surface area contributed by atoms with Gasteiger partial charge in [-0.15, -0.1) is 0 Å². The summed E-state index contributed by atoms with van der Waals surface area (Å²) in [6.07, 6.45) is 0. The molecule has 0 radical (unpaired) electrons. The summed E-state index contributed by atoms with van der Waals surface area (Å²) in [6.45, 7) is 7.34. The van der Waals surface area contributed by atoms with E-state index >= 15 is 0 Å². The van der Waals surface area contributed by atoms with Gasteiger partial charge in [0.2, 0.25) is 0 Å². The van der Waals surface area contributed by atoms with Crippen molar-refractivity contribution >= 4 is 29.1 Å². The first-order valence-corrected chi connectivity index (χ1v) is 10.5. The van der Waals surface area contributed by atoms with Crippen LogP contribution < -0.4 is 10.2 Å². The van der Waals surface area contributed by atoms with Gasteiger partial charge in [0, 0.05) is 42.3 Å². The average molecular weight is 392 g/mol. The molecule has 1 amide bonds. The number of para-hydroxylation sites is 1. The van der Waals surface area contributed by atoms with Crippen LogP contribution in [0.2, 0.25) is 0 Å². The molecule has 0 bridgehead atoms. The predicted octanol–water partition coefficient (Wildman–Crippen LogP) is 4.29. The molecule has 0 spiro atoms. The molecule has 0 unspecified atom stereocenters. The number of nitrogens with zero attached hydrogens (tertiary/aromatic N) is 2. The maximum Gasteiger partial charge on any atom is 0.252 e. The van der Waals surface area contributed by atoms with Crippen molar-refractivity contribution in [2.45, 2.75) is 13.8 Å². The van der Waals surface area contributed by atoms with Crippen LogP contribution in [0.1, 0.15) is 19.4 Å². The number of piperazine rings is 1. The summed E-state index contributed by atoms with van der Waals surface area (Å²) < 4.78 is 0. The van der Waals surface area contributed by atoms with Gasteiger partial charge in [-0.25, -0.2) is 0 Å². The zero-order chi connectivity index (χ0) is 19.5. The lowest BCUT2D eigenvalue weighted by molar-refractivity contribution is -0.127. The lowest BCUT2D eigenvalue weighted by atomic mass is 10.1. The number of amides is 1. The number of benzene rings is 2. The molecule has 1 fully saturated rings. The van der Waals surface area contributed by atoms with Crippen molar-refractivity contribution in [1.82, 2.24) is 10.2 Å². The summed E-state index contributed by atoms with van der Waals surface area (Å²) in [5.74, 6) is 0.132. The molecule has 0 atom stereocenters. The lowest BCUT2D eigenvalue weighted by Gasteiger charge is -2.30. The Labute approximate surface area is 170 Å². The zero-order valence-corrected chi connectivity index (χ0v) is 17.1. The van der Waals surface area contributed by atoms with Gasteiger partial charge in [0.15, 0.2) is 0 Å². The molecule has 2 aromatic carbocycles. The monoisotopic (exact) mass is 391 g/mol. The highest BCUT2D eigenvalue weighted by atomic mass is 32.2. The van der Waals surface area contributed by atoms with Gasteiger partial charge in [0.25, 0.3) is 5.91 Å². The van der Waals surface area contributed by atoms with Gasteiger partial charge in [0.1, 0.15) is 0 Å². The number of anilines is 1. The molecular formula is C23H25N3OS. The van der Waals surface area contributed by atoms with Crippen LogP contribution in [0.4, 0.5) is 5.69 Å². The molecule has 2 aliphatic heterocycles. The Morgan fingerprint density at radius 1 is 0.964 bits per heavy atom. The van der Waals surface area contributed by atoms with Gasteiger partial charge in [0.05, 0.1) is 10.7 Å². The van der Waals surface area contributed by atoms with Crippen LogP contribution in [0.25, 0.3) is 5.70 Å². The molecule has 5 heteroatoms. The predicted molar refractivity (Wildman–Crippen MR) is 118 cm³/mol. The quantitative estimate of drug-likeness (QED) is 0.792. The van der Waals surface area contributed by atoms with Crippen LogP contribution in [0.3, 0.4) is 0 Å². The minimum Gasteiger partial charge on any atom is -0.336 e. The summed E-state index contributed by atoms with van der Waals surface area (Å²) >= 11 is 1.69. The standard InChI is InChI=1S/C23H25N3OS/c1-17(22(27)25-15-13-24-14-16-25)23-26(20-11-7-4-8-12-20)21(18(2)28-23)19-9-5-3-6-10-19/h3-12,24H,13-16H2,1-2H3. The van der Waals surface area contributed by atoms with E-state index in [1.54, 1.807) is 11.8 Å². The number of thioether (sulfide) groups is 1. The van der Waals surface area contributed by atoms with Gasteiger partial charge in [-0.2, -0.15) is 0 Å². The topological polar surface area (TPSA) is 35.6 Å². The summed E-state index contributed by atoms with van der Waals surface area (Å²) in [5.41, 5.74) is 4.20. The molecule has 0 aliphatic carbocycles. The normalized spacial score (nSPS) is 19.2. The van der Waals surface area contributed by atoms with Crippen LogP contribution in [0, 0.1) is 0 Å². The first kappa shape index (κ1) is 18.8. The van der Waals surface area contributed by atoms with E-state index in [1.807, 2.05) is 36.1 Å². The fourth-order valence-electron chi connectivity index (χ4n) is 3.69. The number of hydrogen-bond acceptors (Lipinski definition) is 4. The molecule has 0 saturated carbocycles. The molecule has 1 N–H and O–H groups in total. The maximum absolute atomic E-state index is 13.2. The Morgan fingerprint density at radius 3 is 2.21 bits per heavy atom. The number of nitrogens with one attached hydrogen (secondary N) is 1. The van der Waals surface area contributed by atoms with Gasteiger partial charge in [-0.05, 0) is 31.5 Å². The van der Waals surface area contributed by atoms with Crippen molar-refractivity contribution in [1.29, 1.82) is 0 Å². The van der Waals surface area contributed by atoms with E-state index in [9.17, 15) is 4.79 Å². The van der Waals surface area contributed by atoms with E-state index in [0.29, 0.717) is 0 Å². The first-order valence-electron chi connectivity index (χ1n) is 9.67. The molecule has 2 heterocycles. The summed E-state index contributed by atoms with van der Waals surface area (Å²) in [4.78, 5) is 18.6. The number of carbonyl (C=O) groups is 1. The van der Waals surface area contributed by atoms with E-state index in [-0.39, 0.29) is 5.91 Å². The Morgan fingerprint density at radius 2 is 1.57 bits per heavy atom. The molecular weight excluding hydrogens is 366 g/mol. The SMILES string of the molecule is CC1=C(c2ccccc2)N(c2ccccc2)C(=C(C)C(=O)N2CCNCC2)S1. The molecule has 1 saturated heterocycles. The first-order chi connectivity index (χ1) is 13.7. The average Bonchev–Trinajstić information content (AvgIpc) is 3.11. The van der Waals surface area contributed by atoms with E-state index < -0.39 is 0 Å². The highest BCUT2D eigenvalue weighted by Crippen LogP contribution is 2.49. The van der Waals surface area contributed by atoms with Crippen molar-refractivity contribution < 1.29 is 4.79 Å².